The predicted octanol–water partition coefficient (Wildman–Crippen LogP) is 2.79. The molecule has 3 heterocycles. The molecular weight excluding hydrogens is 296 g/mol. The molecule has 1 aliphatic rings. The molecule has 0 unspecified atom stereocenters. The largest absolute Gasteiger partial charge is 0.349 e. The van der Waals surface area contributed by atoms with Crippen LogP contribution in [0.2, 0.25) is 0 Å². The van der Waals surface area contributed by atoms with E-state index in [1.54, 1.807) is 11.3 Å². The van der Waals surface area contributed by atoms with E-state index in [0.717, 1.165) is 28.6 Å². The van der Waals surface area contributed by atoms with Crippen LogP contribution in [0.1, 0.15) is 16.9 Å². The van der Waals surface area contributed by atoms with Crippen molar-refractivity contribution in [3.63, 3.8) is 0 Å². The van der Waals surface area contributed by atoms with Crippen LogP contribution in [0.5, 0.6) is 0 Å². The zero-order valence-electron chi connectivity index (χ0n) is 11.7. The standard InChI is InChI=1S/C16H12N4OS/c21-16-18-15-12(10-7-4-8-11(10)22-15)14-17-13(19-20(14)16)9-5-2-1-3-6-9/h1-3,5-6H,4,7-8H2,(H,18,21). The Morgan fingerprint density at radius 2 is 2.05 bits per heavy atom. The summed E-state index contributed by atoms with van der Waals surface area (Å²) in [5.74, 6) is 0.594. The summed E-state index contributed by atoms with van der Waals surface area (Å²) in [6.07, 6.45) is 3.34. The van der Waals surface area contributed by atoms with Gasteiger partial charge in [0.25, 0.3) is 0 Å². The molecule has 0 saturated heterocycles. The minimum Gasteiger partial charge on any atom is -0.297 e. The Morgan fingerprint density at radius 1 is 1.18 bits per heavy atom. The first-order valence-electron chi connectivity index (χ1n) is 7.30. The third kappa shape index (κ3) is 1.55. The number of hydrogen-bond donors (Lipinski definition) is 1. The lowest BCUT2D eigenvalue weighted by Gasteiger charge is -1.95. The molecule has 3 aromatic heterocycles. The van der Waals surface area contributed by atoms with Crippen LogP contribution in [0.4, 0.5) is 0 Å². The highest BCUT2D eigenvalue weighted by molar-refractivity contribution is 7.19. The van der Waals surface area contributed by atoms with Crippen molar-refractivity contribution < 1.29 is 0 Å². The van der Waals surface area contributed by atoms with Gasteiger partial charge < -0.3 is 0 Å². The number of hydrogen-bond acceptors (Lipinski definition) is 4. The van der Waals surface area contributed by atoms with E-state index in [-0.39, 0.29) is 5.69 Å². The van der Waals surface area contributed by atoms with Crippen molar-refractivity contribution in [1.82, 2.24) is 19.6 Å². The van der Waals surface area contributed by atoms with Gasteiger partial charge >= 0.3 is 5.69 Å². The average Bonchev–Trinajstić information content (AvgIpc) is 3.21. The summed E-state index contributed by atoms with van der Waals surface area (Å²) in [6.45, 7) is 0. The summed E-state index contributed by atoms with van der Waals surface area (Å²) in [6, 6.07) is 9.76. The second-order valence-corrected chi connectivity index (χ2v) is 6.63. The smallest absolute Gasteiger partial charge is 0.297 e. The fourth-order valence-electron chi connectivity index (χ4n) is 3.20. The number of aromatic amines is 1. The average molecular weight is 308 g/mol. The number of rotatable bonds is 1. The molecule has 5 rings (SSSR count). The van der Waals surface area contributed by atoms with Gasteiger partial charge in [0, 0.05) is 10.4 Å². The molecule has 6 heteroatoms. The molecule has 0 fully saturated rings. The van der Waals surface area contributed by atoms with Gasteiger partial charge in [-0.05, 0) is 24.8 Å². The molecule has 4 aromatic rings. The van der Waals surface area contributed by atoms with Crippen LogP contribution in [0.3, 0.4) is 0 Å². The van der Waals surface area contributed by atoms with Crippen molar-refractivity contribution in [1.29, 1.82) is 0 Å². The molecule has 1 N–H and O–H groups in total. The molecule has 0 radical (unpaired) electrons. The summed E-state index contributed by atoms with van der Waals surface area (Å²) < 4.78 is 1.40. The Labute approximate surface area is 129 Å². The van der Waals surface area contributed by atoms with Crippen molar-refractivity contribution in [3.8, 4) is 11.4 Å². The number of nitrogens with one attached hydrogen (secondary N) is 1. The van der Waals surface area contributed by atoms with Crippen LogP contribution in [0.25, 0.3) is 27.3 Å². The van der Waals surface area contributed by atoms with Crippen molar-refractivity contribution in [2.24, 2.45) is 0 Å². The van der Waals surface area contributed by atoms with Crippen LogP contribution < -0.4 is 5.69 Å². The Morgan fingerprint density at radius 3 is 2.91 bits per heavy atom. The van der Waals surface area contributed by atoms with E-state index in [2.05, 4.69) is 15.1 Å². The van der Waals surface area contributed by atoms with Crippen molar-refractivity contribution in [3.05, 3.63) is 51.3 Å². The molecule has 1 aromatic carbocycles. The zero-order chi connectivity index (χ0) is 14.7. The Kier molecular flexibility index (Phi) is 2.35. The van der Waals surface area contributed by atoms with Gasteiger partial charge in [-0.3, -0.25) is 4.98 Å². The van der Waals surface area contributed by atoms with E-state index < -0.39 is 0 Å². The summed E-state index contributed by atoms with van der Waals surface area (Å²) in [5.41, 5.74) is 2.72. The molecule has 0 atom stereocenters. The SMILES string of the molecule is O=c1[nH]c2sc3c(c2c2nc(-c4ccccc4)nn12)CCC3. The van der Waals surface area contributed by atoms with Gasteiger partial charge in [0.1, 0.15) is 4.83 Å². The minimum absolute atomic E-state index is 0.225. The van der Waals surface area contributed by atoms with Gasteiger partial charge in [-0.15, -0.1) is 16.4 Å². The lowest BCUT2D eigenvalue weighted by atomic mass is 10.2. The maximum Gasteiger partial charge on any atom is 0.349 e. The summed E-state index contributed by atoms with van der Waals surface area (Å²) in [7, 11) is 0. The number of aryl methyl sites for hydroxylation is 2. The first kappa shape index (κ1) is 12.1. The van der Waals surface area contributed by atoms with E-state index >= 15 is 0 Å². The molecule has 0 saturated carbocycles. The highest BCUT2D eigenvalue weighted by Gasteiger charge is 2.22. The van der Waals surface area contributed by atoms with Crippen LogP contribution in [0, 0.1) is 0 Å². The van der Waals surface area contributed by atoms with Gasteiger partial charge in [-0.25, -0.2) is 9.78 Å². The van der Waals surface area contributed by atoms with Gasteiger partial charge in [0.15, 0.2) is 11.5 Å². The van der Waals surface area contributed by atoms with Gasteiger partial charge in [0.05, 0.1) is 5.39 Å². The molecule has 0 spiro atoms. The normalized spacial score (nSPS) is 14.0. The number of nitrogens with zero attached hydrogens (tertiary/aromatic N) is 3. The number of H-pyrrole nitrogens is 1. The predicted molar refractivity (Wildman–Crippen MR) is 86.5 cm³/mol. The number of benzene rings is 1. The molecule has 1 aliphatic carbocycles. The Hall–Kier alpha value is -2.47. The van der Waals surface area contributed by atoms with Gasteiger partial charge in [-0.2, -0.15) is 4.52 Å². The van der Waals surface area contributed by atoms with Crippen molar-refractivity contribution >= 4 is 27.2 Å². The quantitative estimate of drug-likeness (QED) is 0.588. The fraction of sp³-hybridized carbons (Fsp3) is 0.188. The molecule has 108 valence electrons. The zero-order valence-corrected chi connectivity index (χ0v) is 12.5. The summed E-state index contributed by atoms with van der Waals surface area (Å²) in [4.78, 5) is 22.2. The Bertz CT molecular complexity index is 1070. The van der Waals surface area contributed by atoms with E-state index in [1.165, 1.54) is 21.4 Å². The Balaban J connectivity index is 1.90. The van der Waals surface area contributed by atoms with Crippen molar-refractivity contribution in [2.75, 3.05) is 0 Å². The highest BCUT2D eigenvalue weighted by Crippen LogP contribution is 2.37. The third-order valence-electron chi connectivity index (χ3n) is 4.20. The molecular formula is C16H12N4OS. The minimum atomic E-state index is -0.225. The maximum atomic E-state index is 12.3. The second-order valence-electron chi connectivity index (χ2n) is 5.53. The summed E-state index contributed by atoms with van der Waals surface area (Å²) >= 11 is 1.68. The molecule has 5 nitrogen and oxygen atoms in total. The number of aromatic nitrogens is 4. The van der Waals surface area contributed by atoms with Crippen LogP contribution in [-0.2, 0) is 12.8 Å². The molecule has 22 heavy (non-hydrogen) atoms. The van der Waals surface area contributed by atoms with Gasteiger partial charge in [-0.1, -0.05) is 30.3 Å². The highest BCUT2D eigenvalue weighted by atomic mass is 32.1. The fourth-order valence-corrected chi connectivity index (χ4v) is 4.48. The first-order chi connectivity index (χ1) is 10.8. The number of thiophene rings is 1. The monoisotopic (exact) mass is 308 g/mol. The van der Waals surface area contributed by atoms with E-state index in [1.807, 2.05) is 30.3 Å². The van der Waals surface area contributed by atoms with E-state index in [9.17, 15) is 4.79 Å². The topological polar surface area (TPSA) is 63.0 Å². The summed E-state index contributed by atoms with van der Waals surface area (Å²) in [5, 5.41) is 5.48. The first-order valence-corrected chi connectivity index (χ1v) is 8.11. The van der Waals surface area contributed by atoms with Crippen LogP contribution >= 0.6 is 11.3 Å². The lowest BCUT2D eigenvalue weighted by molar-refractivity contribution is 0.884. The third-order valence-corrected chi connectivity index (χ3v) is 5.40. The van der Waals surface area contributed by atoms with E-state index in [4.69, 9.17) is 0 Å². The molecule has 0 bridgehead atoms. The van der Waals surface area contributed by atoms with Crippen LogP contribution in [-0.4, -0.2) is 19.6 Å². The molecule has 0 amide bonds. The van der Waals surface area contributed by atoms with Crippen LogP contribution in [0.15, 0.2) is 35.1 Å². The van der Waals surface area contributed by atoms with Crippen molar-refractivity contribution in [2.45, 2.75) is 19.3 Å². The lowest BCUT2D eigenvalue weighted by Crippen LogP contribution is -2.17. The number of fused-ring (bicyclic) bond motifs is 5. The van der Waals surface area contributed by atoms with Gasteiger partial charge in [0.2, 0.25) is 0 Å². The second kappa shape index (κ2) is 4.27. The maximum absolute atomic E-state index is 12.3. The van der Waals surface area contributed by atoms with E-state index in [0.29, 0.717) is 11.5 Å². The molecule has 0 aliphatic heterocycles.